The van der Waals surface area contributed by atoms with Crippen LogP contribution in [0.4, 0.5) is 0 Å². The molecule has 0 atom stereocenters. The monoisotopic (exact) mass is 395 g/mol. The van der Waals surface area contributed by atoms with Crippen molar-refractivity contribution in [3.8, 4) is 0 Å². The first-order valence-electron chi connectivity index (χ1n) is 9.97. The Morgan fingerprint density at radius 3 is 2.36 bits per heavy atom. The molecule has 1 amide bonds. The van der Waals surface area contributed by atoms with Crippen molar-refractivity contribution >= 4 is 27.5 Å². The second-order valence-electron chi connectivity index (χ2n) is 8.83. The number of carbonyl (C=O) groups excluding carboxylic acids is 1. The topological polar surface area (TPSA) is 28.5 Å². The van der Waals surface area contributed by atoms with Crippen molar-refractivity contribution in [1.29, 1.82) is 0 Å². The molecule has 0 spiro atoms. The van der Waals surface area contributed by atoms with E-state index in [1.807, 2.05) is 4.90 Å². The maximum absolute atomic E-state index is 13.3. The van der Waals surface area contributed by atoms with Crippen molar-refractivity contribution in [2.75, 3.05) is 33.2 Å². The van der Waals surface area contributed by atoms with Gasteiger partial charge in [-0.1, -0.05) is 45.0 Å². The van der Waals surface area contributed by atoms with E-state index in [4.69, 9.17) is 0 Å². The summed E-state index contributed by atoms with van der Waals surface area (Å²) in [5, 5.41) is 2.11. The van der Waals surface area contributed by atoms with E-state index in [0.717, 1.165) is 43.9 Å². The van der Waals surface area contributed by atoms with Gasteiger partial charge in [0.05, 0.1) is 10.2 Å². The third-order valence-corrected chi connectivity index (χ3v) is 6.55. The van der Waals surface area contributed by atoms with E-state index in [2.05, 4.69) is 79.1 Å². The molecule has 4 rings (SSSR count). The van der Waals surface area contributed by atoms with Gasteiger partial charge in [-0.05, 0) is 41.1 Å². The summed E-state index contributed by atoms with van der Waals surface area (Å²) < 4.78 is 3.38. The predicted molar refractivity (Wildman–Crippen MR) is 117 cm³/mol. The van der Waals surface area contributed by atoms with Crippen LogP contribution >= 0.6 is 11.3 Å². The largest absolute Gasteiger partial charge is 0.335 e. The molecule has 3 heterocycles. The second kappa shape index (κ2) is 7.37. The third-order valence-electron chi connectivity index (χ3n) is 5.69. The Labute approximate surface area is 171 Å². The van der Waals surface area contributed by atoms with Crippen LogP contribution in [0.25, 0.3) is 10.2 Å². The van der Waals surface area contributed by atoms with Gasteiger partial charge in [-0.15, -0.1) is 11.3 Å². The van der Waals surface area contributed by atoms with Gasteiger partial charge >= 0.3 is 0 Å². The number of piperazine rings is 1. The number of nitrogens with zero attached hydrogens (tertiary/aromatic N) is 3. The standard InChI is InChI=1S/C23H29N3OS/c1-23(2,3)18-7-5-17(6-8-18)16-26-19-9-14-28-21(19)15-20(26)22(27)25-12-10-24(4)11-13-25/h5-9,14-15H,10-13,16H2,1-4H3. The van der Waals surface area contributed by atoms with Crippen molar-refractivity contribution < 1.29 is 4.79 Å². The van der Waals surface area contributed by atoms with E-state index < -0.39 is 0 Å². The Bertz CT molecular complexity index is 970. The Morgan fingerprint density at radius 2 is 1.71 bits per heavy atom. The van der Waals surface area contributed by atoms with Crippen LogP contribution in [0.1, 0.15) is 42.4 Å². The molecule has 5 heteroatoms. The number of rotatable bonds is 3. The average Bonchev–Trinajstić information content (AvgIpc) is 3.24. The number of amides is 1. The average molecular weight is 396 g/mol. The molecule has 1 aliphatic rings. The quantitative estimate of drug-likeness (QED) is 0.656. The maximum atomic E-state index is 13.3. The molecule has 0 N–H and O–H groups in total. The van der Waals surface area contributed by atoms with Crippen molar-refractivity contribution in [1.82, 2.24) is 14.4 Å². The van der Waals surface area contributed by atoms with Gasteiger partial charge in [0.2, 0.25) is 0 Å². The summed E-state index contributed by atoms with van der Waals surface area (Å²) >= 11 is 1.70. The first-order valence-corrected chi connectivity index (χ1v) is 10.8. The minimum absolute atomic E-state index is 0.148. The summed E-state index contributed by atoms with van der Waals surface area (Å²) in [6.45, 7) is 10.9. The number of benzene rings is 1. The molecular weight excluding hydrogens is 366 g/mol. The molecule has 0 unspecified atom stereocenters. The molecule has 0 aliphatic carbocycles. The zero-order valence-corrected chi connectivity index (χ0v) is 18.1. The van der Waals surface area contributed by atoms with Gasteiger partial charge in [0.25, 0.3) is 5.91 Å². The summed E-state index contributed by atoms with van der Waals surface area (Å²) in [4.78, 5) is 17.5. The minimum Gasteiger partial charge on any atom is -0.335 e. The minimum atomic E-state index is 0.148. The number of aromatic nitrogens is 1. The summed E-state index contributed by atoms with van der Waals surface area (Å²) in [7, 11) is 2.11. The number of thiophene rings is 1. The van der Waals surface area contributed by atoms with Gasteiger partial charge in [-0.25, -0.2) is 0 Å². The number of likely N-dealkylation sites (N-methyl/N-ethyl adjacent to an activating group) is 1. The molecule has 2 aromatic heterocycles. The normalized spacial score (nSPS) is 16.1. The molecular formula is C23H29N3OS. The Hall–Kier alpha value is -2.11. The van der Waals surface area contributed by atoms with Crippen LogP contribution in [0, 0.1) is 0 Å². The first kappa shape index (κ1) is 19.2. The predicted octanol–water partition coefficient (Wildman–Crippen LogP) is 4.44. The molecule has 1 fully saturated rings. The van der Waals surface area contributed by atoms with E-state index in [9.17, 15) is 4.79 Å². The number of fused-ring (bicyclic) bond motifs is 1. The molecule has 3 aromatic rings. The van der Waals surface area contributed by atoms with Gasteiger partial charge in [-0.2, -0.15) is 0 Å². The molecule has 0 saturated carbocycles. The zero-order valence-electron chi connectivity index (χ0n) is 17.2. The summed E-state index contributed by atoms with van der Waals surface area (Å²) in [6.07, 6.45) is 0. The zero-order chi connectivity index (χ0) is 19.9. The van der Waals surface area contributed by atoms with Crippen LogP contribution in [-0.4, -0.2) is 53.5 Å². The number of hydrogen-bond acceptors (Lipinski definition) is 3. The summed E-state index contributed by atoms with van der Waals surface area (Å²) in [5.74, 6) is 0.155. The van der Waals surface area contributed by atoms with Crippen molar-refractivity contribution in [2.24, 2.45) is 0 Å². The maximum Gasteiger partial charge on any atom is 0.270 e. The highest BCUT2D eigenvalue weighted by Crippen LogP contribution is 2.28. The van der Waals surface area contributed by atoms with Crippen LogP contribution in [0.2, 0.25) is 0 Å². The molecule has 1 saturated heterocycles. The van der Waals surface area contributed by atoms with E-state index >= 15 is 0 Å². The van der Waals surface area contributed by atoms with Gasteiger partial charge in [0.15, 0.2) is 0 Å². The lowest BCUT2D eigenvalue weighted by Gasteiger charge is -2.32. The lowest BCUT2D eigenvalue weighted by atomic mass is 9.87. The van der Waals surface area contributed by atoms with E-state index in [-0.39, 0.29) is 11.3 Å². The number of carbonyl (C=O) groups is 1. The van der Waals surface area contributed by atoms with E-state index in [0.29, 0.717) is 0 Å². The lowest BCUT2D eigenvalue weighted by molar-refractivity contribution is 0.0654. The van der Waals surface area contributed by atoms with Crippen molar-refractivity contribution in [3.63, 3.8) is 0 Å². The fourth-order valence-corrected chi connectivity index (χ4v) is 4.61. The smallest absolute Gasteiger partial charge is 0.270 e. The van der Waals surface area contributed by atoms with E-state index in [1.54, 1.807) is 11.3 Å². The van der Waals surface area contributed by atoms with Crippen LogP contribution < -0.4 is 0 Å². The Balaban J connectivity index is 1.64. The van der Waals surface area contributed by atoms with Crippen LogP contribution in [-0.2, 0) is 12.0 Å². The fraction of sp³-hybridized carbons (Fsp3) is 0.435. The van der Waals surface area contributed by atoms with Crippen molar-refractivity contribution in [2.45, 2.75) is 32.7 Å². The summed E-state index contributed by atoms with van der Waals surface area (Å²) in [5.41, 5.74) is 4.67. The third kappa shape index (κ3) is 3.74. The highest BCUT2D eigenvalue weighted by Gasteiger charge is 2.24. The molecule has 0 radical (unpaired) electrons. The second-order valence-corrected chi connectivity index (χ2v) is 9.78. The number of hydrogen-bond donors (Lipinski definition) is 0. The first-order chi connectivity index (χ1) is 13.3. The van der Waals surface area contributed by atoms with E-state index in [1.165, 1.54) is 15.8 Å². The van der Waals surface area contributed by atoms with Gasteiger partial charge in [0.1, 0.15) is 5.69 Å². The summed E-state index contributed by atoms with van der Waals surface area (Å²) in [6, 6.07) is 13.0. The van der Waals surface area contributed by atoms with Crippen molar-refractivity contribution in [3.05, 3.63) is 58.6 Å². The fourth-order valence-electron chi connectivity index (χ4n) is 3.79. The Morgan fingerprint density at radius 1 is 1.04 bits per heavy atom. The van der Waals surface area contributed by atoms with Crippen LogP contribution in [0.5, 0.6) is 0 Å². The molecule has 4 nitrogen and oxygen atoms in total. The molecule has 1 aromatic carbocycles. The highest BCUT2D eigenvalue weighted by molar-refractivity contribution is 7.17. The Kier molecular flexibility index (Phi) is 5.06. The van der Waals surface area contributed by atoms with Gasteiger partial charge in [0, 0.05) is 32.7 Å². The molecule has 148 valence electrons. The van der Waals surface area contributed by atoms with Gasteiger partial charge < -0.3 is 14.4 Å². The van der Waals surface area contributed by atoms with Crippen LogP contribution in [0.3, 0.4) is 0 Å². The van der Waals surface area contributed by atoms with Crippen LogP contribution in [0.15, 0.2) is 41.8 Å². The molecule has 28 heavy (non-hydrogen) atoms. The molecule has 0 bridgehead atoms. The SMILES string of the molecule is CN1CCN(C(=O)c2cc3sccc3n2Cc2ccc(C(C)(C)C)cc2)CC1. The lowest BCUT2D eigenvalue weighted by Crippen LogP contribution is -2.47. The van der Waals surface area contributed by atoms with Gasteiger partial charge in [-0.3, -0.25) is 4.79 Å². The highest BCUT2D eigenvalue weighted by atomic mass is 32.1. The molecule has 1 aliphatic heterocycles.